The molecule has 0 unspecified atom stereocenters. The summed E-state index contributed by atoms with van der Waals surface area (Å²) in [5.74, 6) is 0. The van der Waals surface area contributed by atoms with E-state index in [9.17, 15) is 9.70 Å². The summed E-state index contributed by atoms with van der Waals surface area (Å²) in [5, 5.41) is 5.42. The molecule has 4 nitrogen and oxygen atoms in total. The zero-order valence-corrected chi connectivity index (χ0v) is 8.00. The van der Waals surface area contributed by atoms with Crippen LogP contribution in [0.2, 0.25) is 0 Å². The van der Waals surface area contributed by atoms with Gasteiger partial charge in [-0.1, -0.05) is 30.9 Å². The summed E-state index contributed by atoms with van der Waals surface area (Å²) in [6.07, 6.45) is 7.27. The van der Waals surface area contributed by atoms with E-state index in [2.05, 4.69) is 10.5 Å². The van der Waals surface area contributed by atoms with E-state index in [1.54, 1.807) is 0 Å². The van der Waals surface area contributed by atoms with Gasteiger partial charge in [0.1, 0.15) is 0 Å². The van der Waals surface area contributed by atoms with E-state index in [-0.39, 0.29) is 0 Å². The first-order chi connectivity index (χ1) is 6.41. The van der Waals surface area contributed by atoms with Crippen molar-refractivity contribution < 1.29 is 4.79 Å². The van der Waals surface area contributed by atoms with Gasteiger partial charge in [-0.2, -0.15) is 4.91 Å². The Kier molecular flexibility index (Phi) is 10.3. The van der Waals surface area contributed by atoms with Gasteiger partial charge in [-0.05, 0) is 12.8 Å². The highest BCUT2D eigenvalue weighted by atomic mass is 16.3. The Morgan fingerprint density at radius 2 is 1.62 bits per heavy atom. The van der Waals surface area contributed by atoms with Crippen molar-refractivity contribution in [3.63, 3.8) is 0 Å². The first-order valence-corrected chi connectivity index (χ1v) is 4.88. The van der Waals surface area contributed by atoms with Crippen LogP contribution in [0.3, 0.4) is 0 Å². The summed E-state index contributed by atoms with van der Waals surface area (Å²) >= 11 is 0. The lowest BCUT2D eigenvalue weighted by Gasteiger charge is -1.99. The van der Waals surface area contributed by atoms with Crippen LogP contribution in [0.4, 0.5) is 0 Å². The molecule has 13 heavy (non-hydrogen) atoms. The lowest BCUT2D eigenvalue weighted by molar-refractivity contribution is -0.109. The Balaban J connectivity index is 2.83. The molecule has 0 spiro atoms. The molecule has 0 aromatic carbocycles. The molecule has 0 aliphatic carbocycles. The van der Waals surface area contributed by atoms with Crippen molar-refractivity contribution in [1.82, 2.24) is 5.32 Å². The highest BCUT2D eigenvalue weighted by Crippen LogP contribution is 2.04. The Labute approximate surface area is 79.1 Å². The number of nitrogens with one attached hydrogen (secondary N) is 1. The molecule has 0 aliphatic heterocycles. The minimum atomic E-state index is 0.451. The minimum Gasteiger partial charge on any atom is -0.359 e. The van der Waals surface area contributed by atoms with Gasteiger partial charge in [0.15, 0.2) is 0 Å². The number of carbonyl (C=O) groups is 1. The average molecular weight is 186 g/mol. The fourth-order valence-electron chi connectivity index (χ4n) is 1.17. The molecule has 0 bridgehead atoms. The first kappa shape index (κ1) is 12.1. The van der Waals surface area contributed by atoms with Crippen molar-refractivity contribution in [2.45, 2.75) is 38.5 Å². The van der Waals surface area contributed by atoms with Crippen molar-refractivity contribution in [3.8, 4) is 0 Å². The molecule has 1 amide bonds. The summed E-state index contributed by atoms with van der Waals surface area (Å²) in [6.45, 7) is 1.23. The van der Waals surface area contributed by atoms with Gasteiger partial charge in [0.2, 0.25) is 6.41 Å². The summed E-state index contributed by atoms with van der Waals surface area (Å²) < 4.78 is 0. The molecule has 0 aromatic heterocycles. The Bertz CT molecular complexity index is 115. The molecule has 76 valence electrons. The van der Waals surface area contributed by atoms with Crippen molar-refractivity contribution in [2.24, 2.45) is 5.18 Å². The molecule has 0 saturated heterocycles. The third-order valence-electron chi connectivity index (χ3n) is 1.90. The van der Waals surface area contributed by atoms with Gasteiger partial charge in [0.05, 0.1) is 6.54 Å². The quantitative estimate of drug-likeness (QED) is 0.321. The Hall–Kier alpha value is -0.930. The number of carbonyl (C=O) groups excluding carboxylic acids is 1. The average Bonchev–Trinajstić information content (AvgIpc) is 2.16. The second-order valence-electron chi connectivity index (χ2n) is 3.05. The number of hydrogen-bond donors (Lipinski definition) is 1. The summed E-state index contributed by atoms with van der Waals surface area (Å²) in [4.78, 5) is 19.6. The van der Waals surface area contributed by atoms with Crippen LogP contribution in [0.15, 0.2) is 5.18 Å². The van der Waals surface area contributed by atoms with Crippen LogP contribution in [-0.4, -0.2) is 19.5 Å². The van der Waals surface area contributed by atoms with Crippen LogP contribution < -0.4 is 5.32 Å². The van der Waals surface area contributed by atoms with Crippen molar-refractivity contribution >= 4 is 6.41 Å². The van der Waals surface area contributed by atoms with E-state index in [1.807, 2.05) is 0 Å². The predicted molar refractivity (Wildman–Crippen MR) is 52.4 cm³/mol. The van der Waals surface area contributed by atoms with Crippen molar-refractivity contribution in [2.75, 3.05) is 13.1 Å². The van der Waals surface area contributed by atoms with E-state index < -0.39 is 0 Å². The van der Waals surface area contributed by atoms with Gasteiger partial charge in [-0.15, -0.1) is 0 Å². The maximum atomic E-state index is 9.86. The molecule has 0 fully saturated rings. The molecule has 0 aliphatic rings. The molecular formula is C9H18N2O2. The molecule has 0 radical (unpaired) electrons. The van der Waals surface area contributed by atoms with E-state index in [1.165, 1.54) is 6.42 Å². The third-order valence-corrected chi connectivity index (χ3v) is 1.90. The maximum Gasteiger partial charge on any atom is 0.207 e. The zero-order chi connectivity index (χ0) is 9.78. The van der Waals surface area contributed by atoms with E-state index in [0.717, 1.165) is 45.1 Å². The van der Waals surface area contributed by atoms with E-state index >= 15 is 0 Å². The highest BCUT2D eigenvalue weighted by Gasteiger charge is 1.90. The molecular weight excluding hydrogens is 168 g/mol. The van der Waals surface area contributed by atoms with Crippen molar-refractivity contribution in [3.05, 3.63) is 4.91 Å². The molecule has 0 rings (SSSR count). The van der Waals surface area contributed by atoms with Gasteiger partial charge < -0.3 is 5.32 Å². The first-order valence-electron chi connectivity index (χ1n) is 4.88. The molecule has 0 aromatic rings. The lowest BCUT2D eigenvalue weighted by Crippen LogP contribution is -2.11. The molecule has 0 saturated carbocycles. The van der Waals surface area contributed by atoms with Gasteiger partial charge in [0, 0.05) is 6.54 Å². The Morgan fingerprint density at radius 3 is 2.23 bits per heavy atom. The van der Waals surface area contributed by atoms with Crippen LogP contribution in [0, 0.1) is 4.91 Å². The normalized spacial score (nSPS) is 9.54. The predicted octanol–water partition coefficient (Wildman–Crippen LogP) is 1.84. The number of rotatable bonds is 10. The number of nitroso groups, excluding NO2 is 1. The number of amides is 1. The number of unbranched alkanes of at least 4 members (excludes halogenated alkanes) is 5. The minimum absolute atomic E-state index is 0.451. The van der Waals surface area contributed by atoms with Crippen LogP contribution in [0.1, 0.15) is 38.5 Å². The zero-order valence-electron chi connectivity index (χ0n) is 8.00. The SMILES string of the molecule is O=CNCCCCCCCCN=O. The highest BCUT2D eigenvalue weighted by molar-refractivity contribution is 5.45. The fraction of sp³-hybridized carbons (Fsp3) is 0.889. The molecule has 0 heterocycles. The lowest BCUT2D eigenvalue weighted by atomic mass is 10.1. The Morgan fingerprint density at radius 1 is 1.00 bits per heavy atom. The smallest absolute Gasteiger partial charge is 0.207 e. The standard InChI is InChI=1S/C9H18N2O2/c12-9-10-7-5-3-1-2-4-6-8-11-13/h9H,1-8H2,(H,10,12). The van der Waals surface area contributed by atoms with Gasteiger partial charge >= 0.3 is 0 Å². The number of nitrogens with zero attached hydrogens (tertiary/aromatic N) is 1. The molecule has 0 atom stereocenters. The van der Waals surface area contributed by atoms with Crippen LogP contribution in [0.5, 0.6) is 0 Å². The summed E-state index contributed by atoms with van der Waals surface area (Å²) in [5.41, 5.74) is 0. The molecule has 1 N–H and O–H groups in total. The molecule has 4 heteroatoms. The van der Waals surface area contributed by atoms with Gasteiger partial charge in [0.25, 0.3) is 0 Å². The van der Waals surface area contributed by atoms with Gasteiger partial charge in [-0.3, -0.25) is 4.79 Å². The monoisotopic (exact) mass is 186 g/mol. The van der Waals surface area contributed by atoms with Crippen LogP contribution in [0.25, 0.3) is 0 Å². The van der Waals surface area contributed by atoms with Crippen LogP contribution in [-0.2, 0) is 4.79 Å². The van der Waals surface area contributed by atoms with E-state index in [0.29, 0.717) is 6.54 Å². The maximum absolute atomic E-state index is 9.86. The second kappa shape index (κ2) is 11.1. The summed E-state index contributed by atoms with van der Waals surface area (Å²) in [7, 11) is 0. The van der Waals surface area contributed by atoms with Crippen LogP contribution >= 0.6 is 0 Å². The topological polar surface area (TPSA) is 58.5 Å². The number of hydrogen-bond acceptors (Lipinski definition) is 3. The van der Waals surface area contributed by atoms with Gasteiger partial charge in [-0.25, -0.2) is 0 Å². The second-order valence-corrected chi connectivity index (χ2v) is 3.05. The van der Waals surface area contributed by atoms with Crippen molar-refractivity contribution in [1.29, 1.82) is 0 Å². The largest absolute Gasteiger partial charge is 0.359 e. The fourth-order valence-corrected chi connectivity index (χ4v) is 1.17. The third kappa shape index (κ3) is 11.1. The summed E-state index contributed by atoms with van der Waals surface area (Å²) in [6, 6.07) is 0. The van der Waals surface area contributed by atoms with E-state index in [4.69, 9.17) is 0 Å².